The molecule has 4 nitrogen and oxygen atoms in total. The fourth-order valence-corrected chi connectivity index (χ4v) is 1.15. The second-order valence-electron chi connectivity index (χ2n) is 3.06. The van der Waals surface area contributed by atoms with E-state index in [0.717, 1.165) is 19.6 Å². The molecular weight excluding hydrogens is 178 g/mol. The molecule has 1 atom stereocenters. The average Bonchev–Trinajstić information content (AvgIpc) is 2.33. The minimum absolute atomic E-state index is 0.243. The zero-order valence-electron chi connectivity index (χ0n) is 8.19. The van der Waals surface area contributed by atoms with E-state index in [9.17, 15) is 0 Å². The fraction of sp³-hybridized carbons (Fsp3) is 0.500. The van der Waals surface area contributed by atoms with Gasteiger partial charge in [-0.1, -0.05) is 6.07 Å². The molecule has 1 aliphatic heterocycles. The molecule has 0 saturated carbocycles. The van der Waals surface area contributed by atoms with E-state index in [1.807, 2.05) is 18.2 Å². The first-order valence-corrected chi connectivity index (χ1v) is 4.83. The number of nitrogens with zero attached hydrogens (tertiary/aromatic N) is 1. The van der Waals surface area contributed by atoms with E-state index >= 15 is 0 Å². The molecule has 0 amide bonds. The Labute approximate surface area is 84.4 Å². The standard InChI is InChI=1S/C5H12N2O.C5H5N/c8-4-5-3-6-1-2-7-5;1-2-4-6-5-3-1/h5-8H,1-4H2;1-5H. The molecule has 1 aromatic heterocycles. The number of piperazine rings is 1. The molecule has 1 fully saturated rings. The van der Waals surface area contributed by atoms with Gasteiger partial charge in [-0.3, -0.25) is 4.98 Å². The topological polar surface area (TPSA) is 57.2 Å². The summed E-state index contributed by atoms with van der Waals surface area (Å²) in [5.74, 6) is 0. The lowest BCUT2D eigenvalue weighted by atomic mass is 10.2. The summed E-state index contributed by atoms with van der Waals surface area (Å²) in [5, 5.41) is 14.9. The number of aliphatic hydroxyl groups excluding tert-OH is 1. The molecule has 1 saturated heterocycles. The van der Waals surface area contributed by atoms with Crippen LogP contribution in [0.1, 0.15) is 0 Å². The molecule has 0 bridgehead atoms. The lowest BCUT2D eigenvalue weighted by Gasteiger charge is -2.21. The number of rotatable bonds is 1. The smallest absolute Gasteiger partial charge is 0.0597 e. The van der Waals surface area contributed by atoms with E-state index in [1.54, 1.807) is 12.4 Å². The van der Waals surface area contributed by atoms with Crippen molar-refractivity contribution in [3.8, 4) is 0 Å². The number of aliphatic hydroxyl groups is 1. The number of pyridine rings is 1. The van der Waals surface area contributed by atoms with Gasteiger partial charge in [-0.15, -0.1) is 0 Å². The largest absolute Gasteiger partial charge is 0.395 e. The van der Waals surface area contributed by atoms with Crippen LogP contribution in [-0.2, 0) is 0 Å². The van der Waals surface area contributed by atoms with E-state index in [2.05, 4.69) is 15.6 Å². The monoisotopic (exact) mass is 195 g/mol. The second-order valence-corrected chi connectivity index (χ2v) is 3.06. The first-order chi connectivity index (χ1) is 6.93. The molecule has 2 rings (SSSR count). The highest BCUT2D eigenvalue weighted by Gasteiger charge is 2.08. The third-order valence-electron chi connectivity index (χ3n) is 1.91. The van der Waals surface area contributed by atoms with E-state index in [1.165, 1.54) is 0 Å². The minimum Gasteiger partial charge on any atom is -0.395 e. The lowest BCUT2D eigenvalue weighted by molar-refractivity contribution is 0.227. The van der Waals surface area contributed by atoms with Crippen LogP contribution >= 0.6 is 0 Å². The van der Waals surface area contributed by atoms with E-state index in [4.69, 9.17) is 5.11 Å². The van der Waals surface area contributed by atoms with Crippen LogP contribution in [0.25, 0.3) is 0 Å². The number of nitrogens with one attached hydrogen (secondary N) is 2. The molecule has 2 heterocycles. The van der Waals surface area contributed by atoms with Crippen LogP contribution in [0, 0.1) is 0 Å². The van der Waals surface area contributed by atoms with E-state index in [-0.39, 0.29) is 12.6 Å². The molecule has 3 N–H and O–H groups in total. The SMILES string of the molecule is OCC1CNCCN1.c1ccncc1. The maximum Gasteiger partial charge on any atom is 0.0597 e. The van der Waals surface area contributed by atoms with Crippen molar-refractivity contribution in [2.75, 3.05) is 26.2 Å². The first kappa shape index (κ1) is 11.1. The van der Waals surface area contributed by atoms with Gasteiger partial charge in [-0.2, -0.15) is 0 Å². The van der Waals surface area contributed by atoms with Gasteiger partial charge < -0.3 is 15.7 Å². The Bertz CT molecular complexity index is 185. The molecule has 0 spiro atoms. The normalized spacial score (nSPS) is 20.8. The van der Waals surface area contributed by atoms with Gasteiger partial charge in [-0.05, 0) is 12.1 Å². The van der Waals surface area contributed by atoms with Crippen molar-refractivity contribution in [3.05, 3.63) is 30.6 Å². The Morgan fingerprint density at radius 2 is 2.00 bits per heavy atom. The summed E-state index contributed by atoms with van der Waals surface area (Å²) in [7, 11) is 0. The molecule has 1 aromatic rings. The molecular formula is C10H17N3O. The second kappa shape index (κ2) is 7.44. The van der Waals surface area contributed by atoms with Crippen molar-refractivity contribution in [2.24, 2.45) is 0 Å². The van der Waals surface area contributed by atoms with Crippen molar-refractivity contribution in [1.29, 1.82) is 0 Å². The Morgan fingerprint density at radius 3 is 2.29 bits per heavy atom. The van der Waals surface area contributed by atoms with Crippen LogP contribution in [0.15, 0.2) is 30.6 Å². The predicted molar refractivity (Wildman–Crippen MR) is 56.0 cm³/mol. The van der Waals surface area contributed by atoms with Gasteiger partial charge in [0.25, 0.3) is 0 Å². The summed E-state index contributed by atoms with van der Waals surface area (Å²) >= 11 is 0. The highest BCUT2D eigenvalue weighted by molar-refractivity contribution is 4.88. The Morgan fingerprint density at radius 1 is 1.21 bits per heavy atom. The van der Waals surface area contributed by atoms with Crippen molar-refractivity contribution in [2.45, 2.75) is 6.04 Å². The van der Waals surface area contributed by atoms with Crippen LogP contribution in [0.5, 0.6) is 0 Å². The van der Waals surface area contributed by atoms with Gasteiger partial charge in [0.2, 0.25) is 0 Å². The van der Waals surface area contributed by atoms with Crippen molar-refractivity contribution < 1.29 is 5.11 Å². The Balaban J connectivity index is 0.000000146. The molecule has 0 radical (unpaired) electrons. The Hall–Kier alpha value is -0.970. The summed E-state index contributed by atoms with van der Waals surface area (Å²) in [4.78, 5) is 3.78. The molecule has 0 aromatic carbocycles. The van der Waals surface area contributed by atoms with Crippen molar-refractivity contribution in [1.82, 2.24) is 15.6 Å². The zero-order valence-corrected chi connectivity index (χ0v) is 8.19. The molecule has 0 aliphatic carbocycles. The van der Waals surface area contributed by atoms with Crippen LogP contribution in [0.2, 0.25) is 0 Å². The zero-order chi connectivity index (χ0) is 10.1. The van der Waals surface area contributed by atoms with Gasteiger partial charge in [0, 0.05) is 38.1 Å². The Kier molecular flexibility index (Phi) is 5.90. The van der Waals surface area contributed by atoms with Gasteiger partial charge in [0.05, 0.1) is 6.61 Å². The number of aromatic nitrogens is 1. The van der Waals surface area contributed by atoms with Gasteiger partial charge in [0.1, 0.15) is 0 Å². The van der Waals surface area contributed by atoms with Crippen molar-refractivity contribution in [3.63, 3.8) is 0 Å². The van der Waals surface area contributed by atoms with E-state index < -0.39 is 0 Å². The summed E-state index contributed by atoms with van der Waals surface area (Å²) in [5.41, 5.74) is 0. The number of hydrogen-bond acceptors (Lipinski definition) is 4. The molecule has 1 unspecified atom stereocenters. The van der Waals surface area contributed by atoms with Crippen molar-refractivity contribution >= 4 is 0 Å². The highest BCUT2D eigenvalue weighted by atomic mass is 16.3. The van der Waals surface area contributed by atoms with Crippen LogP contribution in [0.3, 0.4) is 0 Å². The van der Waals surface area contributed by atoms with Crippen LogP contribution in [-0.4, -0.2) is 42.4 Å². The van der Waals surface area contributed by atoms with Crippen LogP contribution < -0.4 is 10.6 Å². The summed E-state index contributed by atoms with van der Waals surface area (Å²) in [6.07, 6.45) is 3.50. The van der Waals surface area contributed by atoms with Crippen LogP contribution in [0.4, 0.5) is 0 Å². The minimum atomic E-state index is 0.243. The maximum absolute atomic E-state index is 8.59. The quantitative estimate of drug-likeness (QED) is 0.572. The molecule has 4 heteroatoms. The molecule has 14 heavy (non-hydrogen) atoms. The lowest BCUT2D eigenvalue weighted by Crippen LogP contribution is -2.49. The van der Waals surface area contributed by atoms with E-state index in [0.29, 0.717) is 0 Å². The predicted octanol–water partition coefficient (Wildman–Crippen LogP) is -0.378. The third-order valence-corrected chi connectivity index (χ3v) is 1.91. The number of hydrogen-bond donors (Lipinski definition) is 3. The average molecular weight is 195 g/mol. The van der Waals surface area contributed by atoms with Gasteiger partial charge in [-0.25, -0.2) is 0 Å². The molecule has 78 valence electrons. The first-order valence-electron chi connectivity index (χ1n) is 4.83. The summed E-state index contributed by atoms with van der Waals surface area (Å²) in [6, 6.07) is 6.00. The summed E-state index contributed by atoms with van der Waals surface area (Å²) in [6.45, 7) is 3.14. The highest BCUT2D eigenvalue weighted by Crippen LogP contribution is 1.82. The third kappa shape index (κ3) is 4.91. The molecule has 1 aliphatic rings. The van der Waals surface area contributed by atoms with Gasteiger partial charge >= 0.3 is 0 Å². The van der Waals surface area contributed by atoms with Gasteiger partial charge in [0.15, 0.2) is 0 Å². The fourth-order valence-electron chi connectivity index (χ4n) is 1.15. The summed E-state index contributed by atoms with van der Waals surface area (Å²) < 4.78 is 0. The maximum atomic E-state index is 8.59.